The molecule has 0 saturated carbocycles. The number of rotatable bonds is 3. The summed E-state index contributed by atoms with van der Waals surface area (Å²) in [4.78, 5) is 15.1. The van der Waals surface area contributed by atoms with Crippen molar-refractivity contribution in [2.24, 2.45) is 5.92 Å². The van der Waals surface area contributed by atoms with Crippen LogP contribution in [-0.2, 0) is 0 Å². The van der Waals surface area contributed by atoms with Crippen LogP contribution in [-0.4, -0.2) is 43.6 Å². The Morgan fingerprint density at radius 3 is 2.74 bits per heavy atom. The summed E-state index contributed by atoms with van der Waals surface area (Å²) < 4.78 is 5.38. The van der Waals surface area contributed by atoms with Gasteiger partial charge in [0.05, 0.1) is 7.11 Å². The quantitative estimate of drug-likeness (QED) is 0.947. The number of carbonyl (C=O) groups excluding carboxylic acids is 1. The number of nitrogens with one attached hydrogen (secondary N) is 1. The highest BCUT2D eigenvalue weighted by Crippen LogP contribution is 2.29. The van der Waals surface area contributed by atoms with Gasteiger partial charge in [0.2, 0.25) is 0 Å². The lowest BCUT2D eigenvalue weighted by Crippen LogP contribution is -2.57. The molecule has 3 heterocycles. The van der Waals surface area contributed by atoms with Gasteiger partial charge in [0.15, 0.2) is 0 Å². The first-order chi connectivity index (χ1) is 11.2. The molecule has 3 aliphatic rings. The van der Waals surface area contributed by atoms with E-state index in [0.717, 1.165) is 28.6 Å². The molecule has 2 bridgehead atoms. The van der Waals surface area contributed by atoms with Crippen molar-refractivity contribution >= 4 is 16.7 Å². The van der Waals surface area contributed by atoms with Gasteiger partial charge in [0.25, 0.3) is 5.91 Å². The van der Waals surface area contributed by atoms with Gasteiger partial charge in [-0.25, -0.2) is 0 Å². The Labute approximate surface area is 136 Å². The van der Waals surface area contributed by atoms with Crippen molar-refractivity contribution < 1.29 is 9.53 Å². The van der Waals surface area contributed by atoms with Crippen LogP contribution in [0.4, 0.5) is 0 Å². The molecule has 0 aromatic heterocycles. The van der Waals surface area contributed by atoms with Gasteiger partial charge in [-0.05, 0) is 61.5 Å². The molecule has 0 radical (unpaired) electrons. The summed E-state index contributed by atoms with van der Waals surface area (Å²) in [6.45, 7) is 3.37. The summed E-state index contributed by atoms with van der Waals surface area (Å²) in [5, 5.41) is 5.32. The van der Waals surface area contributed by atoms with E-state index in [0.29, 0.717) is 12.0 Å². The summed E-state index contributed by atoms with van der Waals surface area (Å²) in [5.74, 6) is 1.52. The highest BCUT2D eigenvalue weighted by molar-refractivity contribution is 6.00. The van der Waals surface area contributed by atoms with Crippen LogP contribution in [0.5, 0.6) is 5.75 Å². The van der Waals surface area contributed by atoms with Crippen molar-refractivity contribution in [1.29, 1.82) is 0 Å². The average Bonchev–Trinajstić information content (AvgIpc) is 2.61. The van der Waals surface area contributed by atoms with Crippen molar-refractivity contribution in [2.45, 2.75) is 18.9 Å². The first-order valence-electron chi connectivity index (χ1n) is 8.34. The highest BCUT2D eigenvalue weighted by atomic mass is 16.5. The van der Waals surface area contributed by atoms with Crippen molar-refractivity contribution in [3.63, 3.8) is 0 Å². The Hall–Kier alpha value is -2.07. The number of amides is 1. The first kappa shape index (κ1) is 14.5. The van der Waals surface area contributed by atoms with Crippen LogP contribution < -0.4 is 10.1 Å². The van der Waals surface area contributed by atoms with Crippen LogP contribution in [0, 0.1) is 5.92 Å². The summed E-state index contributed by atoms with van der Waals surface area (Å²) in [7, 11) is 1.67. The lowest BCUT2D eigenvalue weighted by Gasteiger charge is -2.44. The number of hydrogen-bond donors (Lipinski definition) is 1. The third-order valence-corrected chi connectivity index (χ3v) is 5.30. The van der Waals surface area contributed by atoms with Crippen LogP contribution in [0.3, 0.4) is 0 Å². The van der Waals surface area contributed by atoms with E-state index in [4.69, 9.17) is 4.74 Å². The molecule has 1 atom stereocenters. The minimum absolute atomic E-state index is 0.0356. The fourth-order valence-corrected chi connectivity index (χ4v) is 3.95. The smallest absolute Gasteiger partial charge is 0.251 e. The van der Waals surface area contributed by atoms with Gasteiger partial charge in [-0.2, -0.15) is 0 Å². The molecule has 0 aliphatic carbocycles. The number of piperidine rings is 3. The predicted octanol–water partition coefficient (Wildman–Crippen LogP) is 2.67. The number of carbonyl (C=O) groups is 1. The SMILES string of the molecule is COc1cccc2cc(C(=O)NC3CN4CCC3CC4)ccc12. The molecule has 3 fully saturated rings. The lowest BCUT2D eigenvalue weighted by atomic mass is 9.84. The zero-order chi connectivity index (χ0) is 15.8. The minimum Gasteiger partial charge on any atom is -0.496 e. The Morgan fingerprint density at radius 2 is 2.04 bits per heavy atom. The number of benzene rings is 2. The maximum Gasteiger partial charge on any atom is 0.251 e. The topological polar surface area (TPSA) is 41.6 Å². The summed E-state index contributed by atoms with van der Waals surface area (Å²) in [6, 6.07) is 12.0. The molecule has 1 N–H and O–H groups in total. The maximum atomic E-state index is 12.6. The maximum absolute atomic E-state index is 12.6. The second-order valence-electron chi connectivity index (χ2n) is 6.61. The summed E-state index contributed by atoms with van der Waals surface area (Å²) in [6.07, 6.45) is 2.42. The second-order valence-corrected chi connectivity index (χ2v) is 6.61. The summed E-state index contributed by atoms with van der Waals surface area (Å²) in [5.41, 5.74) is 0.724. The van der Waals surface area contributed by atoms with Crippen LogP contribution in [0.1, 0.15) is 23.2 Å². The fraction of sp³-hybridized carbons (Fsp3) is 0.421. The van der Waals surface area contributed by atoms with E-state index in [1.165, 1.54) is 25.9 Å². The molecule has 1 amide bonds. The molecule has 5 rings (SSSR count). The Morgan fingerprint density at radius 1 is 1.22 bits per heavy atom. The second kappa shape index (κ2) is 5.85. The molecule has 2 aromatic carbocycles. The Bertz CT molecular complexity index is 735. The summed E-state index contributed by atoms with van der Waals surface area (Å²) >= 11 is 0. The number of hydrogen-bond acceptors (Lipinski definition) is 3. The van der Waals surface area contributed by atoms with E-state index < -0.39 is 0 Å². The molecular weight excluding hydrogens is 288 g/mol. The van der Waals surface area contributed by atoms with Gasteiger partial charge in [-0.3, -0.25) is 4.79 Å². The highest BCUT2D eigenvalue weighted by Gasteiger charge is 2.34. The van der Waals surface area contributed by atoms with E-state index in [9.17, 15) is 4.79 Å². The number of fused-ring (bicyclic) bond motifs is 4. The molecule has 23 heavy (non-hydrogen) atoms. The number of nitrogens with zero attached hydrogens (tertiary/aromatic N) is 1. The minimum atomic E-state index is 0.0356. The van der Waals surface area contributed by atoms with Gasteiger partial charge >= 0.3 is 0 Å². The monoisotopic (exact) mass is 310 g/mol. The van der Waals surface area contributed by atoms with Crippen molar-refractivity contribution in [2.75, 3.05) is 26.7 Å². The van der Waals surface area contributed by atoms with Gasteiger partial charge in [-0.15, -0.1) is 0 Å². The van der Waals surface area contributed by atoms with Gasteiger partial charge in [0, 0.05) is 23.5 Å². The van der Waals surface area contributed by atoms with Crippen molar-refractivity contribution in [3.05, 3.63) is 42.0 Å². The molecule has 3 saturated heterocycles. The van der Waals surface area contributed by atoms with Crippen LogP contribution >= 0.6 is 0 Å². The van der Waals surface area contributed by atoms with Crippen LogP contribution in [0.2, 0.25) is 0 Å². The van der Waals surface area contributed by atoms with E-state index in [2.05, 4.69) is 10.2 Å². The zero-order valence-corrected chi connectivity index (χ0v) is 13.4. The van der Waals surface area contributed by atoms with Gasteiger partial charge in [0.1, 0.15) is 5.75 Å². The fourth-order valence-electron chi connectivity index (χ4n) is 3.95. The van der Waals surface area contributed by atoms with Gasteiger partial charge in [-0.1, -0.05) is 12.1 Å². The molecular formula is C19H22N2O2. The van der Waals surface area contributed by atoms with E-state index in [-0.39, 0.29) is 5.91 Å². The molecule has 2 aromatic rings. The van der Waals surface area contributed by atoms with Crippen molar-refractivity contribution in [3.8, 4) is 5.75 Å². The van der Waals surface area contributed by atoms with E-state index in [1.54, 1.807) is 7.11 Å². The third kappa shape index (κ3) is 2.68. The standard InChI is InChI=1S/C19H22N2O2/c1-23-18-4-2-3-14-11-15(5-6-16(14)18)19(22)20-17-12-21-9-7-13(17)8-10-21/h2-6,11,13,17H,7-10,12H2,1H3,(H,20,22). The average molecular weight is 310 g/mol. The van der Waals surface area contributed by atoms with E-state index >= 15 is 0 Å². The van der Waals surface area contributed by atoms with Crippen LogP contribution in [0.15, 0.2) is 36.4 Å². The molecule has 3 aliphatic heterocycles. The molecule has 4 heteroatoms. The molecule has 0 spiro atoms. The normalized spacial score (nSPS) is 26.2. The lowest BCUT2D eigenvalue weighted by molar-refractivity contribution is 0.0620. The number of methoxy groups -OCH3 is 1. The largest absolute Gasteiger partial charge is 0.496 e. The predicted molar refractivity (Wildman–Crippen MR) is 90.9 cm³/mol. The zero-order valence-electron chi connectivity index (χ0n) is 13.4. The first-order valence-corrected chi connectivity index (χ1v) is 8.34. The van der Waals surface area contributed by atoms with E-state index in [1.807, 2.05) is 36.4 Å². The third-order valence-electron chi connectivity index (χ3n) is 5.30. The van der Waals surface area contributed by atoms with Crippen LogP contribution in [0.25, 0.3) is 10.8 Å². The molecule has 4 nitrogen and oxygen atoms in total. The Balaban J connectivity index is 1.55. The van der Waals surface area contributed by atoms with Gasteiger partial charge < -0.3 is 15.0 Å². The molecule has 120 valence electrons. The molecule has 1 unspecified atom stereocenters. The number of ether oxygens (including phenoxy) is 1. The van der Waals surface area contributed by atoms with Crippen molar-refractivity contribution in [1.82, 2.24) is 10.2 Å². The Kier molecular flexibility index (Phi) is 3.69.